The van der Waals surface area contributed by atoms with Gasteiger partial charge in [0.15, 0.2) is 0 Å². The first kappa shape index (κ1) is 12.5. The molecule has 1 unspecified atom stereocenters. The Morgan fingerprint density at radius 1 is 1.67 bits per heavy atom. The van der Waals surface area contributed by atoms with Gasteiger partial charge < -0.3 is 15.4 Å². The van der Waals surface area contributed by atoms with Crippen molar-refractivity contribution in [1.29, 1.82) is 5.26 Å². The van der Waals surface area contributed by atoms with E-state index in [9.17, 15) is 4.79 Å². The molecule has 6 nitrogen and oxygen atoms in total. The minimum Gasteiger partial charge on any atom is -0.378 e. The van der Waals surface area contributed by atoms with E-state index in [1.165, 1.54) is 6.20 Å². The van der Waals surface area contributed by atoms with Crippen LogP contribution in [-0.2, 0) is 4.74 Å². The van der Waals surface area contributed by atoms with Gasteiger partial charge in [-0.1, -0.05) is 0 Å². The molecule has 0 spiro atoms. The van der Waals surface area contributed by atoms with Crippen molar-refractivity contribution in [2.24, 2.45) is 0 Å². The number of amides is 1. The molecule has 1 saturated heterocycles. The molecular weight excluding hydrogens is 232 g/mol. The number of ether oxygens (including phenoxy) is 1. The first-order chi connectivity index (χ1) is 8.79. The maximum Gasteiger partial charge on any atom is 0.269 e. The van der Waals surface area contributed by atoms with Crippen LogP contribution in [0.3, 0.4) is 0 Å². The minimum atomic E-state index is -0.244. The Kier molecular flexibility index (Phi) is 4.23. The maximum absolute atomic E-state index is 11.8. The lowest BCUT2D eigenvalue weighted by atomic mass is 10.2. The number of nitrogens with zero attached hydrogens (tertiary/aromatic N) is 2. The predicted octanol–water partition coefficient (Wildman–Crippen LogP) is -0.329. The molecule has 0 bridgehead atoms. The van der Waals surface area contributed by atoms with E-state index >= 15 is 0 Å². The van der Waals surface area contributed by atoms with Crippen LogP contribution in [0.4, 0.5) is 0 Å². The summed E-state index contributed by atoms with van der Waals surface area (Å²) in [4.78, 5) is 15.7. The molecule has 0 aromatic carbocycles. The number of rotatable bonds is 3. The van der Waals surface area contributed by atoms with Crippen LogP contribution in [0.2, 0.25) is 0 Å². The van der Waals surface area contributed by atoms with Gasteiger partial charge in [0.05, 0.1) is 18.8 Å². The van der Waals surface area contributed by atoms with Gasteiger partial charge in [-0.15, -0.1) is 0 Å². The fourth-order valence-electron chi connectivity index (χ4n) is 1.65. The number of hydrogen-bond donors (Lipinski definition) is 2. The molecule has 1 aromatic heterocycles. The molecule has 1 aliphatic heterocycles. The normalized spacial score (nSPS) is 18.9. The third-order valence-electron chi connectivity index (χ3n) is 2.63. The highest BCUT2D eigenvalue weighted by Crippen LogP contribution is 1.99. The van der Waals surface area contributed by atoms with Crippen molar-refractivity contribution >= 4 is 5.91 Å². The van der Waals surface area contributed by atoms with Crippen LogP contribution in [0.25, 0.3) is 0 Å². The lowest BCUT2D eigenvalue weighted by Gasteiger charge is -2.23. The number of aromatic nitrogens is 1. The molecular formula is C12H14N4O2. The van der Waals surface area contributed by atoms with E-state index in [1.54, 1.807) is 12.1 Å². The first-order valence-corrected chi connectivity index (χ1v) is 5.75. The summed E-state index contributed by atoms with van der Waals surface area (Å²) >= 11 is 0. The van der Waals surface area contributed by atoms with Crippen LogP contribution in [0.1, 0.15) is 16.1 Å². The molecule has 1 aliphatic rings. The zero-order chi connectivity index (χ0) is 12.8. The molecule has 94 valence electrons. The molecule has 1 amide bonds. The van der Waals surface area contributed by atoms with E-state index in [4.69, 9.17) is 10.00 Å². The van der Waals surface area contributed by atoms with E-state index < -0.39 is 0 Å². The van der Waals surface area contributed by atoms with Crippen LogP contribution in [-0.4, -0.2) is 43.2 Å². The lowest BCUT2D eigenvalue weighted by molar-refractivity contribution is 0.0733. The van der Waals surface area contributed by atoms with E-state index in [1.807, 2.05) is 6.07 Å². The number of morpholine rings is 1. The molecule has 1 aromatic rings. The van der Waals surface area contributed by atoms with Crippen LogP contribution < -0.4 is 10.6 Å². The first-order valence-electron chi connectivity index (χ1n) is 5.75. The summed E-state index contributed by atoms with van der Waals surface area (Å²) in [5, 5.41) is 14.6. The number of nitrogens with one attached hydrogen (secondary N) is 2. The smallest absolute Gasteiger partial charge is 0.269 e. The van der Waals surface area contributed by atoms with Gasteiger partial charge in [-0.3, -0.25) is 4.79 Å². The summed E-state index contributed by atoms with van der Waals surface area (Å²) in [6, 6.07) is 5.21. The van der Waals surface area contributed by atoms with Crippen molar-refractivity contribution in [3.05, 3.63) is 29.6 Å². The second-order valence-corrected chi connectivity index (χ2v) is 3.98. The number of hydrogen-bond acceptors (Lipinski definition) is 5. The van der Waals surface area contributed by atoms with Crippen molar-refractivity contribution in [2.45, 2.75) is 6.04 Å². The molecule has 0 radical (unpaired) electrons. The Hall–Kier alpha value is -1.97. The Balaban J connectivity index is 1.85. The van der Waals surface area contributed by atoms with Gasteiger partial charge in [-0.05, 0) is 12.1 Å². The van der Waals surface area contributed by atoms with E-state index in [-0.39, 0.29) is 11.9 Å². The molecule has 1 atom stereocenters. The SMILES string of the molecule is N#Cc1ccc(C(=O)NCC2COCCN2)nc1. The summed E-state index contributed by atoms with van der Waals surface area (Å²) in [7, 11) is 0. The van der Waals surface area contributed by atoms with Gasteiger partial charge in [0.2, 0.25) is 0 Å². The number of pyridine rings is 1. The van der Waals surface area contributed by atoms with Crippen LogP contribution in [0.5, 0.6) is 0 Å². The summed E-state index contributed by atoms with van der Waals surface area (Å²) in [5.74, 6) is -0.244. The highest BCUT2D eigenvalue weighted by molar-refractivity contribution is 5.92. The van der Waals surface area contributed by atoms with Gasteiger partial charge >= 0.3 is 0 Å². The van der Waals surface area contributed by atoms with Crippen molar-refractivity contribution in [2.75, 3.05) is 26.3 Å². The summed E-state index contributed by atoms with van der Waals surface area (Å²) < 4.78 is 5.28. The Labute approximate surface area is 105 Å². The number of nitriles is 1. The standard InChI is InChI=1S/C12H14N4O2/c13-5-9-1-2-11(15-6-9)12(17)16-7-10-8-18-4-3-14-10/h1-2,6,10,14H,3-4,7-8H2,(H,16,17). The summed E-state index contributed by atoms with van der Waals surface area (Å²) in [6.45, 7) is 2.61. The molecule has 6 heteroatoms. The molecule has 1 fully saturated rings. The van der Waals surface area contributed by atoms with Gasteiger partial charge in [-0.25, -0.2) is 4.98 Å². The third-order valence-corrected chi connectivity index (χ3v) is 2.63. The maximum atomic E-state index is 11.8. The molecule has 0 aliphatic carbocycles. The molecule has 2 heterocycles. The Morgan fingerprint density at radius 3 is 3.17 bits per heavy atom. The van der Waals surface area contributed by atoms with Crippen LogP contribution in [0.15, 0.2) is 18.3 Å². The second kappa shape index (κ2) is 6.10. The summed E-state index contributed by atoms with van der Waals surface area (Å²) in [5.41, 5.74) is 0.750. The van der Waals surface area contributed by atoms with Gasteiger partial charge in [0, 0.05) is 25.3 Å². The number of carbonyl (C=O) groups excluding carboxylic acids is 1. The zero-order valence-electron chi connectivity index (χ0n) is 9.85. The largest absolute Gasteiger partial charge is 0.378 e. The minimum absolute atomic E-state index is 0.140. The molecule has 0 saturated carbocycles. The average Bonchev–Trinajstić information content (AvgIpc) is 2.46. The van der Waals surface area contributed by atoms with Crippen molar-refractivity contribution < 1.29 is 9.53 Å². The highest BCUT2D eigenvalue weighted by atomic mass is 16.5. The van der Waals surface area contributed by atoms with E-state index in [0.29, 0.717) is 31.0 Å². The Bertz CT molecular complexity index is 446. The van der Waals surface area contributed by atoms with Gasteiger partial charge in [-0.2, -0.15) is 5.26 Å². The van der Waals surface area contributed by atoms with E-state index in [0.717, 1.165) is 6.54 Å². The van der Waals surface area contributed by atoms with Crippen LogP contribution in [0, 0.1) is 11.3 Å². The second-order valence-electron chi connectivity index (χ2n) is 3.98. The number of carbonyl (C=O) groups is 1. The average molecular weight is 246 g/mol. The third kappa shape index (κ3) is 3.26. The fourth-order valence-corrected chi connectivity index (χ4v) is 1.65. The van der Waals surface area contributed by atoms with Gasteiger partial charge in [0.1, 0.15) is 11.8 Å². The monoisotopic (exact) mass is 246 g/mol. The van der Waals surface area contributed by atoms with Crippen molar-refractivity contribution in [1.82, 2.24) is 15.6 Å². The highest BCUT2D eigenvalue weighted by Gasteiger charge is 2.14. The van der Waals surface area contributed by atoms with Crippen molar-refractivity contribution in [3.8, 4) is 6.07 Å². The molecule has 18 heavy (non-hydrogen) atoms. The van der Waals surface area contributed by atoms with E-state index in [2.05, 4.69) is 15.6 Å². The lowest BCUT2D eigenvalue weighted by Crippen LogP contribution is -2.48. The quantitative estimate of drug-likeness (QED) is 0.762. The van der Waals surface area contributed by atoms with Crippen LogP contribution >= 0.6 is 0 Å². The molecule has 2 rings (SSSR count). The zero-order valence-corrected chi connectivity index (χ0v) is 9.85. The van der Waals surface area contributed by atoms with Crippen molar-refractivity contribution in [3.63, 3.8) is 0 Å². The Morgan fingerprint density at radius 2 is 2.56 bits per heavy atom. The molecule has 2 N–H and O–H groups in total. The summed E-state index contributed by atoms with van der Waals surface area (Å²) in [6.07, 6.45) is 1.39. The fraction of sp³-hybridized carbons (Fsp3) is 0.417. The predicted molar refractivity (Wildman–Crippen MR) is 63.9 cm³/mol. The van der Waals surface area contributed by atoms with Gasteiger partial charge in [0.25, 0.3) is 5.91 Å². The topological polar surface area (TPSA) is 87.0 Å².